The summed E-state index contributed by atoms with van der Waals surface area (Å²) in [6.45, 7) is 1.95. The van der Waals surface area contributed by atoms with Crippen LogP contribution in [0, 0.1) is 0 Å². The van der Waals surface area contributed by atoms with Gasteiger partial charge in [0.15, 0.2) is 0 Å². The highest BCUT2D eigenvalue weighted by atomic mass is 35.5. The molecule has 5 nitrogen and oxygen atoms in total. The molecule has 3 rings (SSSR count). The average Bonchev–Trinajstić information content (AvgIpc) is 2.98. The highest BCUT2D eigenvalue weighted by Gasteiger charge is 2.32. The van der Waals surface area contributed by atoms with Gasteiger partial charge in [-0.15, -0.1) is 0 Å². The number of nitrogens with one attached hydrogen (secondary N) is 4. The third-order valence-corrected chi connectivity index (χ3v) is 4.53. The van der Waals surface area contributed by atoms with Gasteiger partial charge in [0, 0.05) is 17.1 Å². The van der Waals surface area contributed by atoms with Crippen molar-refractivity contribution in [3.05, 3.63) is 34.9 Å². The number of piperidine rings is 1. The maximum Gasteiger partial charge on any atom is 0.238 e. The molecule has 114 valence electrons. The minimum absolute atomic E-state index is 0.0717. The van der Waals surface area contributed by atoms with E-state index in [2.05, 4.69) is 21.5 Å². The van der Waals surface area contributed by atoms with Gasteiger partial charge in [-0.3, -0.25) is 4.79 Å². The third-order valence-electron chi connectivity index (χ3n) is 4.19. The Kier molecular flexibility index (Phi) is 4.75. The Labute approximate surface area is 129 Å². The lowest BCUT2D eigenvalue weighted by Gasteiger charge is -2.24. The maximum atomic E-state index is 12.3. The van der Waals surface area contributed by atoms with E-state index >= 15 is 0 Å². The van der Waals surface area contributed by atoms with Crippen LogP contribution < -0.4 is 21.5 Å². The van der Waals surface area contributed by atoms with Crippen molar-refractivity contribution >= 4 is 17.5 Å². The van der Waals surface area contributed by atoms with Gasteiger partial charge in [0.05, 0.1) is 0 Å². The Hall–Kier alpha value is -1.14. The summed E-state index contributed by atoms with van der Waals surface area (Å²) < 4.78 is 0. The minimum Gasteiger partial charge on any atom is -0.352 e. The van der Waals surface area contributed by atoms with Gasteiger partial charge >= 0.3 is 0 Å². The molecule has 2 atom stereocenters. The third kappa shape index (κ3) is 3.55. The lowest BCUT2D eigenvalue weighted by atomic mass is 10.0. The van der Waals surface area contributed by atoms with Crippen molar-refractivity contribution in [3.63, 3.8) is 0 Å². The van der Waals surface area contributed by atoms with E-state index in [4.69, 9.17) is 11.6 Å². The molecular weight excluding hydrogens is 288 g/mol. The summed E-state index contributed by atoms with van der Waals surface area (Å²) in [6, 6.07) is 7.90. The number of hydrogen-bond acceptors (Lipinski definition) is 4. The second-order valence-electron chi connectivity index (χ2n) is 5.68. The van der Waals surface area contributed by atoms with Crippen molar-refractivity contribution in [3.8, 4) is 0 Å². The van der Waals surface area contributed by atoms with Crippen molar-refractivity contribution in [1.82, 2.24) is 21.5 Å². The largest absolute Gasteiger partial charge is 0.352 e. The first kappa shape index (κ1) is 14.8. The molecule has 0 saturated carbocycles. The normalized spacial score (nSPS) is 26.7. The maximum absolute atomic E-state index is 12.3. The molecule has 1 aromatic rings. The Morgan fingerprint density at radius 3 is 2.71 bits per heavy atom. The molecule has 0 aliphatic carbocycles. The quantitative estimate of drug-likeness (QED) is 0.675. The van der Waals surface area contributed by atoms with Crippen LogP contribution in [-0.4, -0.2) is 31.1 Å². The fraction of sp³-hybridized carbons (Fsp3) is 0.533. The van der Waals surface area contributed by atoms with E-state index in [1.54, 1.807) is 0 Å². The molecule has 2 heterocycles. The summed E-state index contributed by atoms with van der Waals surface area (Å²) >= 11 is 6.21. The summed E-state index contributed by atoms with van der Waals surface area (Å²) in [4.78, 5) is 12.3. The lowest BCUT2D eigenvalue weighted by molar-refractivity contribution is -0.123. The molecule has 0 aromatic heterocycles. The Balaban J connectivity index is 1.56. The van der Waals surface area contributed by atoms with Gasteiger partial charge in [0.25, 0.3) is 0 Å². The van der Waals surface area contributed by atoms with E-state index in [1.165, 1.54) is 0 Å². The predicted molar refractivity (Wildman–Crippen MR) is 82.9 cm³/mol. The van der Waals surface area contributed by atoms with Gasteiger partial charge in [0.1, 0.15) is 6.04 Å². The first-order valence-corrected chi connectivity index (χ1v) is 7.88. The van der Waals surface area contributed by atoms with Crippen LogP contribution in [-0.2, 0) is 4.79 Å². The van der Waals surface area contributed by atoms with E-state index in [0.29, 0.717) is 12.5 Å². The van der Waals surface area contributed by atoms with E-state index in [9.17, 15) is 4.79 Å². The highest BCUT2D eigenvalue weighted by molar-refractivity contribution is 6.31. The number of benzene rings is 1. The number of rotatable bonds is 3. The fourth-order valence-corrected chi connectivity index (χ4v) is 3.23. The number of amides is 1. The van der Waals surface area contributed by atoms with E-state index in [0.717, 1.165) is 36.5 Å². The van der Waals surface area contributed by atoms with Crippen LogP contribution in [0.3, 0.4) is 0 Å². The van der Waals surface area contributed by atoms with E-state index < -0.39 is 0 Å². The van der Waals surface area contributed by atoms with E-state index in [1.807, 2.05) is 24.3 Å². The lowest BCUT2D eigenvalue weighted by Crippen LogP contribution is -2.49. The average molecular weight is 309 g/mol. The predicted octanol–water partition coefficient (Wildman–Crippen LogP) is 1.12. The first-order valence-electron chi connectivity index (χ1n) is 7.50. The Morgan fingerprint density at radius 1 is 1.19 bits per heavy atom. The Morgan fingerprint density at radius 2 is 1.95 bits per heavy atom. The molecule has 0 spiro atoms. The van der Waals surface area contributed by atoms with Crippen LogP contribution in [0.15, 0.2) is 24.3 Å². The molecule has 21 heavy (non-hydrogen) atoms. The molecule has 6 heteroatoms. The summed E-state index contributed by atoms with van der Waals surface area (Å²) in [5.41, 5.74) is 7.29. The topological polar surface area (TPSA) is 65.2 Å². The van der Waals surface area contributed by atoms with Gasteiger partial charge in [-0.05, 0) is 44.0 Å². The minimum atomic E-state index is -0.207. The number of carbonyl (C=O) groups is 1. The van der Waals surface area contributed by atoms with Crippen LogP contribution in [0.4, 0.5) is 0 Å². The standard InChI is InChI=1S/C15H21ClN4O/c16-12-4-2-1-3-11(12)13-9-14(20-19-13)15(21)18-10-5-7-17-8-6-10/h1-4,10,13-14,17,19-20H,5-9H2,(H,18,21). The number of carbonyl (C=O) groups excluding carboxylic acids is 1. The molecule has 2 aliphatic heterocycles. The second-order valence-corrected chi connectivity index (χ2v) is 6.09. The van der Waals surface area contributed by atoms with Crippen LogP contribution >= 0.6 is 11.6 Å². The van der Waals surface area contributed by atoms with Crippen molar-refractivity contribution in [2.24, 2.45) is 0 Å². The van der Waals surface area contributed by atoms with Crippen molar-refractivity contribution < 1.29 is 4.79 Å². The summed E-state index contributed by atoms with van der Waals surface area (Å²) in [7, 11) is 0. The molecule has 2 unspecified atom stereocenters. The SMILES string of the molecule is O=C(NC1CCNCC1)C1CC(c2ccccc2Cl)NN1. The monoisotopic (exact) mass is 308 g/mol. The summed E-state index contributed by atoms with van der Waals surface area (Å²) in [6.07, 6.45) is 2.71. The number of hydrogen-bond donors (Lipinski definition) is 4. The smallest absolute Gasteiger partial charge is 0.238 e. The molecule has 1 amide bonds. The molecule has 0 radical (unpaired) electrons. The molecule has 2 fully saturated rings. The molecule has 2 saturated heterocycles. The molecular formula is C15H21ClN4O. The molecule has 2 aliphatic rings. The molecule has 1 aromatic carbocycles. The van der Waals surface area contributed by atoms with Crippen LogP contribution in [0.25, 0.3) is 0 Å². The summed E-state index contributed by atoms with van der Waals surface area (Å²) in [5.74, 6) is 0.0731. The van der Waals surface area contributed by atoms with Gasteiger partial charge in [-0.25, -0.2) is 10.9 Å². The zero-order valence-corrected chi connectivity index (χ0v) is 12.6. The van der Waals surface area contributed by atoms with Crippen molar-refractivity contribution in [1.29, 1.82) is 0 Å². The van der Waals surface area contributed by atoms with Crippen LogP contribution in [0.2, 0.25) is 5.02 Å². The van der Waals surface area contributed by atoms with Crippen LogP contribution in [0.1, 0.15) is 30.9 Å². The van der Waals surface area contributed by atoms with E-state index in [-0.39, 0.29) is 18.0 Å². The molecule has 0 bridgehead atoms. The summed E-state index contributed by atoms with van der Waals surface area (Å²) in [5, 5.41) is 7.16. The number of halogens is 1. The Bertz CT molecular complexity index is 504. The second kappa shape index (κ2) is 6.75. The fourth-order valence-electron chi connectivity index (χ4n) is 2.96. The zero-order chi connectivity index (χ0) is 14.7. The van der Waals surface area contributed by atoms with Crippen LogP contribution in [0.5, 0.6) is 0 Å². The molecule has 4 N–H and O–H groups in total. The zero-order valence-electron chi connectivity index (χ0n) is 11.9. The first-order chi connectivity index (χ1) is 10.2. The van der Waals surface area contributed by atoms with Crippen molar-refractivity contribution in [2.45, 2.75) is 37.4 Å². The highest BCUT2D eigenvalue weighted by Crippen LogP contribution is 2.28. The van der Waals surface area contributed by atoms with Crippen molar-refractivity contribution in [2.75, 3.05) is 13.1 Å². The number of hydrazine groups is 1. The van der Waals surface area contributed by atoms with Gasteiger partial charge in [-0.1, -0.05) is 29.8 Å². The van der Waals surface area contributed by atoms with Gasteiger partial charge in [0.2, 0.25) is 5.91 Å². The van der Waals surface area contributed by atoms with Gasteiger partial charge < -0.3 is 10.6 Å². The van der Waals surface area contributed by atoms with Gasteiger partial charge in [-0.2, -0.15) is 0 Å².